The lowest BCUT2D eigenvalue weighted by molar-refractivity contribution is -0.148. The fourth-order valence-electron chi connectivity index (χ4n) is 1.91. The van der Waals surface area contributed by atoms with Crippen molar-refractivity contribution >= 4 is 5.97 Å². The first-order valence-corrected chi connectivity index (χ1v) is 5.79. The highest BCUT2D eigenvalue weighted by Crippen LogP contribution is 2.08. The monoisotopic (exact) mass is 219 g/mol. The number of carbonyl (C=O) groups is 1. The van der Waals surface area contributed by atoms with Crippen molar-refractivity contribution in [2.24, 2.45) is 0 Å². The summed E-state index contributed by atoms with van der Waals surface area (Å²) in [4.78, 5) is 11.6. The van der Waals surface area contributed by atoms with Crippen LogP contribution in [0.4, 0.5) is 0 Å². The lowest BCUT2D eigenvalue weighted by Crippen LogP contribution is -2.36. The van der Waals surface area contributed by atoms with Crippen LogP contribution in [-0.2, 0) is 16.0 Å². The summed E-state index contributed by atoms with van der Waals surface area (Å²) >= 11 is 0. The molecule has 0 radical (unpaired) electrons. The van der Waals surface area contributed by atoms with Crippen LogP contribution in [0.25, 0.3) is 0 Å². The predicted molar refractivity (Wildman–Crippen MR) is 62.1 cm³/mol. The van der Waals surface area contributed by atoms with Gasteiger partial charge in [0.05, 0.1) is 6.42 Å². The van der Waals surface area contributed by atoms with E-state index < -0.39 is 0 Å². The van der Waals surface area contributed by atoms with Gasteiger partial charge >= 0.3 is 5.97 Å². The maximum atomic E-state index is 11.6. The van der Waals surface area contributed by atoms with Crippen LogP contribution in [0.3, 0.4) is 0 Å². The number of piperidine rings is 1. The predicted octanol–water partition coefficient (Wildman–Crippen LogP) is 1.52. The minimum absolute atomic E-state index is 0.0602. The summed E-state index contributed by atoms with van der Waals surface area (Å²) in [6.07, 6.45) is 2.50. The number of ether oxygens (including phenoxy) is 1. The van der Waals surface area contributed by atoms with Crippen LogP contribution < -0.4 is 5.32 Å². The molecule has 0 aromatic heterocycles. The molecule has 0 saturated carbocycles. The van der Waals surface area contributed by atoms with Crippen LogP contribution >= 0.6 is 0 Å². The Labute approximate surface area is 95.8 Å². The first kappa shape index (κ1) is 11.1. The van der Waals surface area contributed by atoms with Gasteiger partial charge in [0, 0.05) is 6.54 Å². The lowest BCUT2D eigenvalue weighted by atomic mass is 10.1. The third-order valence-electron chi connectivity index (χ3n) is 2.74. The molecule has 2 rings (SSSR count). The molecular weight excluding hydrogens is 202 g/mol. The van der Waals surface area contributed by atoms with Gasteiger partial charge in [0.1, 0.15) is 6.10 Å². The number of hydrogen-bond donors (Lipinski definition) is 1. The van der Waals surface area contributed by atoms with Crippen LogP contribution in [0.15, 0.2) is 30.3 Å². The van der Waals surface area contributed by atoms with Gasteiger partial charge in [0.15, 0.2) is 0 Å². The van der Waals surface area contributed by atoms with Crippen molar-refractivity contribution in [3.05, 3.63) is 35.9 Å². The Morgan fingerprint density at radius 3 is 2.88 bits per heavy atom. The Morgan fingerprint density at radius 1 is 1.38 bits per heavy atom. The summed E-state index contributed by atoms with van der Waals surface area (Å²) in [6.45, 7) is 1.83. The second-order valence-electron chi connectivity index (χ2n) is 4.12. The van der Waals surface area contributed by atoms with Gasteiger partial charge in [0.25, 0.3) is 0 Å². The van der Waals surface area contributed by atoms with Gasteiger partial charge in [0.2, 0.25) is 0 Å². The molecule has 1 N–H and O–H groups in total. The van der Waals surface area contributed by atoms with E-state index in [1.54, 1.807) is 0 Å². The van der Waals surface area contributed by atoms with E-state index in [-0.39, 0.29) is 12.1 Å². The molecule has 3 nitrogen and oxygen atoms in total. The molecule has 1 atom stereocenters. The number of nitrogens with one attached hydrogen (secondary N) is 1. The van der Waals surface area contributed by atoms with Gasteiger partial charge in [-0.3, -0.25) is 4.79 Å². The van der Waals surface area contributed by atoms with E-state index in [0.29, 0.717) is 6.42 Å². The van der Waals surface area contributed by atoms with Crippen molar-refractivity contribution in [3.8, 4) is 0 Å². The van der Waals surface area contributed by atoms with Crippen LogP contribution in [-0.4, -0.2) is 25.2 Å². The molecule has 0 spiro atoms. The van der Waals surface area contributed by atoms with Gasteiger partial charge in [-0.25, -0.2) is 0 Å². The fraction of sp³-hybridized carbons (Fsp3) is 0.462. The van der Waals surface area contributed by atoms with Crippen molar-refractivity contribution < 1.29 is 9.53 Å². The molecule has 0 unspecified atom stereocenters. The molecule has 16 heavy (non-hydrogen) atoms. The molecule has 0 aliphatic carbocycles. The van der Waals surface area contributed by atoms with E-state index in [2.05, 4.69) is 5.32 Å². The number of esters is 1. The quantitative estimate of drug-likeness (QED) is 0.783. The third-order valence-corrected chi connectivity index (χ3v) is 2.74. The molecule has 3 heteroatoms. The zero-order valence-corrected chi connectivity index (χ0v) is 9.32. The van der Waals surface area contributed by atoms with Gasteiger partial charge in [-0.05, 0) is 24.9 Å². The average Bonchev–Trinajstić information content (AvgIpc) is 2.31. The molecule has 1 aromatic rings. The van der Waals surface area contributed by atoms with Gasteiger partial charge < -0.3 is 10.1 Å². The Bertz CT molecular complexity index is 331. The molecule has 86 valence electrons. The summed E-state index contributed by atoms with van der Waals surface area (Å²) in [5, 5.41) is 3.23. The first-order chi connectivity index (χ1) is 7.84. The number of carbonyl (C=O) groups excluding carboxylic acids is 1. The fourth-order valence-corrected chi connectivity index (χ4v) is 1.91. The second-order valence-corrected chi connectivity index (χ2v) is 4.12. The molecule has 1 aromatic carbocycles. The van der Waals surface area contributed by atoms with Crippen LogP contribution in [0.2, 0.25) is 0 Å². The van der Waals surface area contributed by atoms with Crippen LogP contribution in [0, 0.1) is 0 Å². The molecule has 1 heterocycles. The SMILES string of the molecule is O=C(Cc1ccccc1)O[C@@H]1CCCNC1. The van der Waals surface area contributed by atoms with Crippen molar-refractivity contribution in [1.29, 1.82) is 0 Å². The van der Waals surface area contributed by atoms with Crippen molar-refractivity contribution in [2.45, 2.75) is 25.4 Å². The largest absolute Gasteiger partial charge is 0.461 e. The van der Waals surface area contributed by atoms with Gasteiger partial charge in [-0.15, -0.1) is 0 Å². The molecule has 1 saturated heterocycles. The molecule has 1 aliphatic heterocycles. The molecule has 1 aliphatic rings. The highest BCUT2D eigenvalue weighted by atomic mass is 16.5. The summed E-state index contributed by atoms with van der Waals surface area (Å²) < 4.78 is 5.39. The Morgan fingerprint density at radius 2 is 2.19 bits per heavy atom. The second kappa shape index (κ2) is 5.66. The molecule has 0 amide bonds. The van der Waals surface area contributed by atoms with E-state index in [0.717, 1.165) is 31.5 Å². The minimum Gasteiger partial charge on any atom is -0.461 e. The third kappa shape index (κ3) is 3.35. The number of benzene rings is 1. The highest BCUT2D eigenvalue weighted by Gasteiger charge is 2.17. The standard InChI is InChI=1S/C13H17NO2/c15-13(9-11-5-2-1-3-6-11)16-12-7-4-8-14-10-12/h1-3,5-6,12,14H,4,7-10H2/t12-/m1/s1. The highest BCUT2D eigenvalue weighted by molar-refractivity contribution is 5.72. The zero-order valence-electron chi connectivity index (χ0n) is 9.32. The summed E-state index contributed by atoms with van der Waals surface area (Å²) in [6, 6.07) is 9.70. The van der Waals surface area contributed by atoms with E-state index in [1.165, 1.54) is 0 Å². The Kier molecular flexibility index (Phi) is 3.94. The Balaban J connectivity index is 1.80. The lowest BCUT2D eigenvalue weighted by Gasteiger charge is -2.22. The smallest absolute Gasteiger partial charge is 0.310 e. The van der Waals surface area contributed by atoms with E-state index in [1.807, 2.05) is 30.3 Å². The first-order valence-electron chi connectivity index (χ1n) is 5.79. The van der Waals surface area contributed by atoms with Gasteiger partial charge in [-0.1, -0.05) is 30.3 Å². The summed E-state index contributed by atoms with van der Waals surface area (Å²) in [5.41, 5.74) is 1.01. The molecular formula is C13H17NO2. The maximum absolute atomic E-state index is 11.6. The van der Waals surface area contributed by atoms with Gasteiger partial charge in [-0.2, -0.15) is 0 Å². The molecule has 0 bridgehead atoms. The number of hydrogen-bond acceptors (Lipinski definition) is 3. The van der Waals surface area contributed by atoms with E-state index in [4.69, 9.17) is 4.74 Å². The summed E-state index contributed by atoms with van der Waals surface area (Å²) in [7, 11) is 0. The Hall–Kier alpha value is -1.35. The van der Waals surface area contributed by atoms with Crippen molar-refractivity contribution in [2.75, 3.05) is 13.1 Å². The summed E-state index contributed by atoms with van der Waals surface area (Å²) in [5.74, 6) is -0.125. The van der Waals surface area contributed by atoms with E-state index in [9.17, 15) is 4.79 Å². The van der Waals surface area contributed by atoms with Crippen molar-refractivity contribution in [1.82, 2.24) is 5.32 Å². The maximum Gasteiger partial charge on any atom is 0.310 e. The number of rotatable bonds is 3. The van der Waals surface area contributed by atoms with Crippen molar-refractivity contribution in [3.63, 3.8) is 0 Å². The normalized spacial score (nSPS) is 20.4. The van der Waals surface area contributed by atoms with Crippen LogP contribution in [0.5, 0.6) is 0 Å². The van der Waals surface area contributed by atoms with E-state index >= 15 is 0 Å². The topological polar surface area (TPSA) is 38.3 Å². The minimum atomic E-state index is -0.125. The zero-order chi connectivity index (χ0) is 11.2. The average molecular weight is 219 g/mol. The molecule has 1 fully saturated rings. The van der Waals surface area contributed by atoms with Crippen LogP contribution in [0.1, 0.15) is 18.4 Å².